The van der Waals surface area contributed by atoms with E-state index in [1.165, 1.54) is 4.90 Å². The lowest BCUT2D eigenvalue weighted by atomic mass is 9.98. The maximum absolute atomic E-state index is 7.54. The van der Waals surface area contributed by atoms with Gasteiger partial charge >= 0.3 is 0 Å². The van der Waals surface area contributed by atoms with E-state index in [2.05, 4.69) is 6.07 Å². The number of hydrogen-bond donors (Lipinski definition) is 4. The molecule has 0 fully saturated rings. The quantitative estimate of drug-likeness (QED) is 0.436. The Hall–Kier alpha value is -2.04. The number of nitrogens with two attached hydrogens (primary N) is 2. The zero-order valence-electron chi connectivity index (χ0n) is 10.7. The Kier molecular flexibility index (Phi) is 3.41. The predicted octanol–water partition coefficient (Wildman–Crippen LogP) is 1.51. The van der Waals surface area contributed by atoms with Crippen molar-refractivity contribution in [3.05, 3.63) is 28.3 Å². The van der Waals surface area contributed by atoms with Crippen LogP contribution in [0.1, 0.15) is 22.3 Å². The van der Waals surface area contributed by atoms with Gasteiger partial charge in [0, 0.05) is 0 Å². The van der Waals surface area contributed by atoms with Crippen molar-refractivity contribution in [2.45, 2.75) is 27.7 Å². The molecule has 0 amide bonds. The number of hydrogen-bond acceptors (Lipinski definition) is 2. The highest BCUT2D eigenvalue weighted by molar-refractivity contribution is 6.15. The second-order valence-electron chi connectivity index (χ2n) is 4.21. The summed E-state index contributed by atoms with van der Waals surface area (Å²) in [5.41, 5.74) is 15.9. The number of nitrogens with one attached hydrogen (secondary N) is 2. The fraction of sp³-hybridized carbons (Fsp3) is 0.333. The normalized spacial score (nSPS) is 10.1. The molecule has 0 saturated heterocycles. The molecule has 0 radical (unpaired) electrons. The maximum atomic E-state index is 7.54. The Labute approximate surface area is 101 Å². The number of benzene rings is 1. The monoisotopic (exact) mass is 233 g/mol. The highest BCUT2D eigenvalue weighted by Crippen LogP contribution is 2.29. The molecule has 5 heteroatoms. The first-order chi connectivity index (χ1) is 7.77. The summed E-state index contributed by atoms with van der Waals surface area (Å²) in [5, 5.41) is 15.1. The summed E-state index contributed by atoms with van der Waals surface area (Å²) in [6.07, 6.45) is 0. The van der Waals surface area contributed by atoms with Gasteiger partial charge in [-0.05, 0) is 49.9 Å². The van der Waals surface area contributed by atoms with Crippen molar-refractivity contribution in [2.24, 2.45) is 11.5 Å². The van der Waals surface area contributed by atoms with Gasteiger partial charge in [0.15, 0.2) is 11.9 Å². The lowest BCUT2D eigenvalue weighted by molar-refractivity contribution is 1.16. The Morgan fingerprint density at radius 2 is 1.29 bits per heavy atom. The van der Waals surface area contributed by atoms with Crippen molar-refractivity contribution in [3.63, 3.8) is 0 Å². The standard InChI is InChI=1S/C12H19N5/c1-6-5-7(2)9(4)10(8(6)3)17(11(13)14)12(15)16/h5H,1-4H3,(H3,13,14)(H3,15,16). The third-order valence-electron chi connectivity index (χ3n) is 3.03. The molecule has 5 nitrogen and oxygen atoms in total. The molecule has 0 spiro atoms. The molecular formula is C12H19N5. The van der Waals surface area contributed by atoms with Crippen LogP contribution in [0.2, 0.25) is 0 Å². The molecule has 0 aliphatic heterocycles. The molecule has 1 aromatic rings. The Bertz CT molecular complexity index is 450. The predicted molar refractivity (Wildman–Crippen MR) is 71.7 cm³/mol. The molecular weight excluding hydrogens is 214 g/mol. The molecule has 1 aromatic carbocycles. The van der Waals surface area contributed by atoms with Gasteiger partial charge in [-0.15, -0.1) is 0 Å². The minimum atomic E-state index is -0.242. The maximum Gasteiger partial charge on any atom is 0.200 e. The molecule has 0 atom stereocenters. The van der Waals surface area contributed by atoms with Gasteiger partial charge < -0.3 is 11.5 Å². The van der Waals surface area contributed by atoms with Gasteiger partial charge in [0.05, 0.1) is 5.69 Å². The SMILES string of the molecule is Cc1cc(C)c(C)c(N(C(=N)N)C(=N)N)c1C. The van der Waals surface area contributed by atoms with E-state index in [1.807, 2.05) is 27.7 Å². The third kappa shape index (κ3) is 2.22. The second-order valence-corrected chi connectivity index (χ2v) is 4.21. The molecule has 17 heavy (non-hydrogen) atoms. The number of nitrogens with zero attached hydrogens (tertiary/aromatic N) is 1. The van der Waals surface area contributed by atoms with Gasteiger partial charge in [0.2, 0.25) is 0 Å². The first-order valence-corrected chi connectivity index (χ1v) is 5.33. The first-order valence-electron chi connectivity index (χ1n) is 5.33. The molecule has 92 valence electrons. The van der Waals surface area contributed by atoms with Crippen LogP contribution in [-0.4, -0.2) is 11.9 Å². The van der Waals surface area contributed by atoms with Crippen LogP contribution < -0.4 is 16.4 Å². The molecule has 0 aliphatic carbocycles. The first kappa shape index (κ1) is 13.0. The van der Waals surface area contributed by atoms with Crippen LogP contribution in [-0.2, 0) is 0 Å². The zero-order chi connectivity index (χ0) is 13.3. The molecule has 6 N–H and O–H groups in total. The van der Waals surface area contributed by atoms with Crippen molar-refractivity contribution < 1.29 is 0 Å². The minimum Gasteiger partial charge on any atom is -0.369 e. The van der Waals surface area contributed by atoms with Crippen LogP contribution >= 0.6 is 0 Å². The van der Waals surface area contributed by atoms with Gasteiger partial charge in [-0.2, -0.15) is 0 Å². The van der Waals surface area contributed by atoms with E-state index in [-0.39, 0.29) is 11.9 Å². The summed E-state index contributed by atoms with van der Waals surface area (Å²) in [6, 6.07) is 2.08. The largest absolute Gasteiger partial charge is 0.369 e. The molecule has 0 aromatic heterocycles. The molecule has 0 bridgehead atoms. The van der Waals surface area contributed by atoms with Crippen molar-refractivity contribution in [1.82, 2.24) is 0 Å². The third-order valence-corrected chi connectivity index (χ3v) is 3.03. The van der Waals surface area contributed by atoms with Gasteiger partial charge in [-0.25, -0.2) is 0 Å². The number of aryl methyl sites for hydroxylation is 2. The summed E-state index contributed by atoms with van der Waals surface area (Å²) < 4.78 is 0. The molecule has 0 aliphatic rings. The van der Waals surface area contributed by atoms with Gasteiger partial charge in [0.25, 0.3) is 0 Å². The topological polar surface area (TPSA) is 103 Å². The lowest BCUT2D eigenvalue weighted by Crippen LogP contribution is -2.46. The fourth-order valence-corrected chi connectivity index (χ4v) is 1.90. The Morgan fingerprint density at radius 3 is 1.59 bits per heavy atom. The van der Waals surface area contributed by atoms with Crippen LogP contribution in [0, 0.1) is 38.5 Å². The van der Waals surface area contributed by atoms with Crippen molar-refractivity contribution >= 4 is 17.6 Å². The smallest absolute Gasteiger partial charge is 0.200 e. The second kappa shape index (κ2) is 4.45. The average molecular weight is 233 g/mol. The summed E-state index contributed by atoms with van der Waals surface area (Å²) >= 11 is 0. The van der Waals surface area contributed by atoms with Gasteiger partial charge in [0.1, 0.15) is 0 Å². The van der Waals surface area contributed by atoms with Gasteiger partial charge in [-0.3, -0.25) is 15.7 Å². The summed E-state index contributed by atoms with van der Waals surface area (Å²) in [6.45, 7) is 7.86. The fourth-order valence-electron chi connectivity index (χ4n) is 1.90. The molecule has 0 heterocycles. The summed E-state index contributed by atoms with van der Waals surface area (Å²) in [5.74, 6) is -0.484. The molecule has 1 rings (SSSR count). The Balaban J connectivity index is 3.58. The van der Waals surface area contributed by atoms with Gasteiger partial charge in [-0.1, -0.05) is 6.07 Å². The minimum absolute atomic E-state index is 0.242. The van der Waals surface area contributed by atoms with E-state index < -0.39 is 0 Å². The number of guanidine groups is 2. The van der Waals surface area contributed by atoms with Crippen LogP contribution in [0.25, 0.3) is 0 Å². The highest BCUT2D eigenvalue weighted by Gasteiger charge is 2.19. The van der Waals surface area contributed by atoms with Crippen molar-refractivity contribution in [2.75, 3.05) is 4.90 Å². The summed E-state index contributed by atoms with van der Waals surface area (Å²) in [7, 11) is 0. The van der Waals surface area contributed by atoms with E-state index >= 15 is 0 Å². The average Bonchev–Trinajstić information content (AvgIpc) is 2.20. The summed E-state index contributed by atoms with van der Waals surface area (Å²) in [4.78, 5) is 1.25. The van der Waals surface area contributed by atoms with E-state index in [0.29, 0.717) is 0 Å². The van der Waals surface area contributed by atoms with E-state index in [9.17, 15) is 0 Å². The molecule has 0 saturated carbocycles. The molecule has 0 unspecified atom stereocenters. The Morgan fingerprint density at radius 1 is 0.941 bits per heavy atom. The zero-order valence-corrected chi connectivity index (χ0v) is 10.7. The van der Waals surface area contributed by atoms with Crippen molar-refractivity contribution in [1.29, 1.82) is 10.8 Å². The lowest BCUT2D eigenvalue weighted by Gasteiger charge is -2.26. The van der Waals surface area contributed by atoms with E-state index in [4.69, 9.17) is 22.3 Å². The van der Waals surface area contributed by atoms with Crippen LogP contribution in [0.3, 0.4) is 0 Å². The highest BCUT2D eigenvalue weighted by atomic mass is 15.3. The van der Waals surface area contributed by atoms with E-state index in [0.717, 1.165) is 27.9 Å². The van der Waals surface area contributed by atoms with E-state index in [1.54, 1.807) is 0 Å². The van der Waals surface area contributed by atoms with Crippen LogP contribution in [0.4, 0.5) is 5.69 Å². The van der Waals surface area contributed by atoms with Crippen LogP contribution in [0.15, 0.2) is 6.07 Å². The number of rotatable bonds is 1. The van der Waals surface area contributed by atoms with Crippen molar-refractivity contribution in [3.8, 4) is 0 Å². The van der Waals surface area contributed by atoms with Crippen LogP contribution in [0.5, 0.6) is 0 Å². The number of anilines is 1.